The molecule has 3 nitrogen and oxygen atoms in total. The van der Waals surface area contributed by atoms with Gasteiger partial charge in [-0.2, -0.15) is 5.26 Å². The Kier molecular flexibility index (Phi) is 4.78. The summed E-state index contributed by atoms with van der Waals surface area (Å²) in [4.78, 5) is 11.6. The summed E-state index contributed by atoms with van der Waals surface area (Å²) in [7, 11) is 0. The number of rotatable bonds is 3. The van der Waals surface area contributed by atoms with E-state index in [1.165, 1.54) is 6.07 Å². The number of nitrogens with zero attached hydrogens (tertiary/aromatic N) is 1. The van der Waals surface area contributed by atoms with Gasteiger partial charge < -0.3 is 4.74 Å². The molecule has 0 aromatic heterocycles. The molecule has 0 spiro atoms. The van der Waals surface area contributed by atoms with Crippen LogP contribution >= 0.6 is 27.5 Å². The van der Waals surface area contributed by atoms with Crippen LogP contribution < -0.4 is 0 Å². The molecule has 0 amide bonds. The normalized spacial score (nSPS) is 9.62. The number of hydrogen-bond donors (Lipinski definition) is 0. The van der Waals surface area contributed by atoms with Crippen LogP contribution in [0.15, 0.2) is 16.6 Å². The summed E-state index contributed by atoms with van der Waals surface area (Å²) in [5, 5.41) is 8.85. The lowest BCUT2D eigenvalue weighted by Crippen LogP contribution is -2.08. The monoisotopic (exact) mass is 301 g/mol. The van der Waals surface area contributed by atoms with Crippen molar-refractivity contribution in [3.05, 3.63) is 33.3 Å². The maximum absolute atomic E-state index is 11.6. The molecule has 0 N–H and O–H groups in total. The van der Waals surface area contributed by atoms with Gasteiger partial charge in [0.15, 0.2) is 0 Å². The SMILES string of the molecule is CCOC(=O)c1cc(C#N)c(Br)cc1CCl. The fourth-order valence-corrected chi connectivity index (χ4v) is 1.91. The summed E-state index contributed by atoms with van der Waals surface area (Å²) < 4.78 is 5.51. The van der Waals surface area contributed by atoms with Gasteiger partial charge in [-0.1, -0.05) is 0 Å². The molecule has 0 saturated carbocycles. The van der Waals surface area contributed by atoms with Crippen molar-refractivity contribution in [1.82, 2.24) is 0 Å². The summed E-state index contributed by atoms with van der Waals surface area (Å²) in [6.07, 6.45) is 0. The van der Waals surface area contributed by atoms with E-state index >= 15 is 0 Å². The van der Waals surface area contributed by atoms with Crippen LogP contribution in [0, 0.1) is 11.3 Å². The summed E-state index contributed by atoms with van der Waals surface area (Å²) in [6.45, 7) is 2.01. The van der Waals surface area contributed by atoms with Crippen LogP contribution in [-0.2, 0) is 10.6 Å². The van der Waals surface area contributed by atoms with Gasteiger partial charge in [-0.05, 0) is 40.5 Å². The maximum atomic E-state index is 11.6. The van der Waals surface area contributed by atoms with Gasteiger partial charge in [0.2, 0.25) is 0 Å². The number of halogens is 2. The minimum Gasteiger partial charge on any atom is -0.462 e. The lowest BCUT2D eigenvalue weighted by atomic mass is 10.1. The lowest BCUT2D eigenvalue weighted by Gasteiger charge is -2.08. The molecular formula is C11H9BrClNO2. The minimum atomic E-state index is -0.456. The summed E-state index contributed by atoms with van der Waals surface area (Å²) in [6, 6.07) is 5.14. The van der Waals surface area contributed by atoms with Crippen molar-refractivity contribution in [2.45, 2.75) is 12.8 Å². The molecule has 0 heterocycles. The van der Waals surface area contributed by atoms with Gasteiger partial charge in [-0.25, -0.2) is 4.79 Å². The molecule has 5 heteroatoms. The fraction of sp³-hybridized carbons (Fsp3) is 0.273. The predicted octanol–water partition coefficient (Wildman–Crippen LogP) is 3.24. The molecule has 0 fully saturated rings. The quantitative estimate of drug-likeness (QED) is 0.636. The van der Waals surface area contributed by atoms with E-state index in [1.807, 2.05) is 6.07 Å². The zero-order chi connectivity index (χ0) is 12.1. The van der Waals surface area contributed by atoms with Crippen LogP contribution in [0.1, 0.15) is 28.4 Å². The van der Waals surface area contributed by atoms with E-state index in [1.54, 1.807) is 13.0 Å². The molecule has 0 radical (unpaired) electrons. The molecule has 0 saturated heterocycles. The third kappa shape index (κ3) is 2.75. The highest BCUT2D eigenvalue weighted by atomic mass is 79.9. The van der Waals surface area contributed by atoms with E-state index in [0.717, 1.165) is 0 Å². The number of esters is 1. The number of carbonyl (C=O) groups is 1. The first-order valence-corrected chi connectivity index (χ1v) is 5.92. The zero-order valence-electron chi connectivity index (χ0n) is 8.59. The highest BCUT2D eigenvalue weighted by Crippen LogP contribution is 2.23. The second-order valence-corrected chi connectivity index (χ2v) is 4.08. The van der Waals surface area contributed by atoms with Crippen LogP contribution in [0.5, 0.6) is 0 Å². The number of nitriles is 1. The van der Waals surface area contributed by atoms with Crippen molar-refractivity contribution >= 4 is 33.5 Å². The van der Waals surface area contributed by atoms with E-state index in [0.29, 0.717) is 27.8 Å². The molecule has 1 rings (SSSR count). The Labute approximate surface area is 107 Å². The van der Waals surface area contributed by atoms with Crippen molar-refractivity contribution in [3.63, 3.8) is 0 Å². The molecule has 16 heavy (non-hydrogen) atoms. The maximum Gasteiger partial charge on any atom is 0.338 e. The highest BCUT2D eigenvalue weighted by Gasteiger charge is 2.15. The third-order valence-electron chi connectivity index (χ3n) is 1.95. The highest BCUT2D eigenvalue weighted by molar-refractivity contribution is 9.10. The predicted molar refractivity (Wildman–Crippen MR) is 64.4 cm³/mol. The number of hydrogen-bond acceptors (Lipinski definition) is 3. The van der Waals surface area contributed by atoms with Crippen LogP contribution in [0.3, 0.4) is 0 Å². The number of ether oxygens (including phenoxy) is 1. The molecular weight excluding hydrogens is 293 g/mol. The first-order chi connectivity index (χ1) is 7.63. The van der Waals surface area contributed by atoms with Crippen molar-refractivity contribution in [1.29, 1.82) is 5.26 Å². The number of alkyl halides is 1. The van der Waals surface area contributed by atoms with E-state index in [2.05, 4.69) is 15.9 Å². The van der Waals surface area contributed by atoms with E-state index < -0.39 is 5.97 Å². The Hall–Kier alpha value is -1.05. The minimum absolute atomic E-state index is 0.193. The average molecular weight is 303 g/mol. The van der Waals surface area contributed by atoms with Gasteiger partial charge in [0.25, 0.3) is 0 Å². The molecule has 0 atom stereocenters. The van der Waals surface area contributed by atoms with Crippen LogP contribution in [0.25, 0.3) is 0 Å². The molecule has 0 unspecified atom stereocenters. The summed E-state index contributed by atoms with van der Waals surface area (Å²) in [5.74, 6) is -0.263. The lowest BCUT2D eigenvalue weighted by molar-refractivity contribution is 0.0525. The second-order valence-electron chi connectivity index (χ2n) is 2.96. The molecule has 1 aromatic rings. The van der Waals surface area contributed by atoms with Gasteiger partial charge in [-0.15, -0.1) is 11.6 Å². The Bertz CT molecular complexity index is 454. The molecule has 0 aliphatic rings. The molecule has 0 aliphatic heterocycles. The van der Waals surface area contributed by atoms with Crippen molar-refractivity contribution < 1.29 is 9.53 Å². The van der Waals surface area contributed by atoms with E-state index in [9.17, 15) is 4.79 Å². The van der Waals surface area contributed by atoms with Gasteiger partial charge in [0, 0.05) is 10.4 Å². The van der Waals surface area contributed by atoms with Crippen molar-refractivity contribution in [3.8, 4) is 6.07 Å². The van der Waals surface area contributed by atoms with E-state index in [-0.39, 0.29) is 5.88 Å². The van der Waals surface area contributed by atoms with Gasteiger partial charge in [0.05, 0.1) is 17.7 Å². The molecule has 1 aromatic carbocycles. The Morgan fingerprint density at radius 2 is 2.31 bits per heavy atom. The molecule has 0 bridgehead atoms. The first-order valence-electron chi connectivity index (χ1n) is 4.59. The van der Waals surface area contributed by atoms with Crippen LogP contribution in [-0.4, -0.2) is 12.6 Å². The van der Waals surface area contributed by atoms with E-state index in [4.69, 9.17) is 21.6 Å². The van der Waals surface area contributed by atoms with Gasteiger partial charge >= 0.3 is 5.97 Å². The Morgan fingerprint density at radius 1 is 1.62 bits per heavy atom. The number of benzene rings is 1. The topological polar surface area (TPSA) is 50.1 Å². The first kappa shape index (κ1) is 13.0. The molecule has 84 valence electrons. The largest absolute Gasteiger partial charge is 0.462 e. The smallest absolute Gasteiger partial charge is 0.338 e. The number of carbonyl (C=O) groups excluding carboxylic acids is 1. The second kappa shape index (κ2) is 5.88. The average Bonchev–Trinajstić information content (AvgIpc) is 2.28. The van der Waals surface area contributed by atoms with Crippen LogP contribution in [0.4, 0.5) is 0 Å². The summed E-state index contributed by atoms with van der Waals surface area (Å²) in [5.41, 5.74) is 1.37. The summed E-state index contributed by atoms with van der Waals surface area (Å²) >= 11 is 8.97. The van der Waals surface area contributed by atoms with Gasteiger partial charge in [-0.3, -0.25) is 0 Å². The van der Waals surface area contributed by atoms with Crippen LogP contribution in [0.2, 0.25) is 0 Å². The van der Waals surface area contributed by atoms with Gasteiger partial charge in [0.1, 0.15) is 6.07 Å². The Morgan fingerprint density at radius 3 is 2.81 bits per heavy atom. The zero-order valence-corrected chi connectivity index (χ0v) is 10.9. The third-order valence-corrected chi connectivity index (χ3v) is 2.90. The van der Waals surface area contributed by atoms with Crippen molar-refractivity contribution in [2.24, 2.45) is 0 Å². The standard InChI is InChI=1S/C11H9BrClNO2/c1-2-16-11(15)9-3-8(6-14)10(12)4-7(9)5-13/h3-4H,2,5H2,1H3. The Balaban J connectivity index is 3.26. The fourth-order valence-electron chi connectivity index (χ4n) is 1.21. The van der Waals surface area contributed by atoms with Crippen molar-refractivity contribution in [2.75, 3.05) is 6.61 Å². The molecule has 0 aliphatic carbocycles.